The van der Waals surface area contributed by atoms with Gasteiger partial charge in [0.1, 0.15) is 6.10 Å². The molecule has 0 spiro atoms. The molecule has 1 heterocycles. The first-order chi connectivity index (χ1) is 6.79. The van der Waals surface area contributed by atoms with E-state index in [4.69, 9.17) is 4.74 Å². The van der Waals surface area contributed by atoms with Crippen LogP contribution in [0.1, 0.15) is 34.1 Å². The molecule has 4 heteroatoms. The second-order valence-electron chi connectivity index (χ2n) is 5.35. The number of aliphatic hydroxyl groups excluding tert-OH is 3. The molecule has 15 heavy (non-hydrogen) atoms. The monoisotopic (exact) mass is 218 g/mol. The third kappa shape index (κ3) is 2.50. The zero-order chi connectivity index (χ0) is 11.8. The van der Waals surface area contributed by atoms with Crippen LogP contribution in [0.2, 0.25) is 0 Å². The van der Waals surface area contributed by atoms with Crippen molar-refractivity contribution in [1.82, 2.24) is 0 Å². The molecule has 0 amide bonds. The van der Waals surface area contributed by atoms with Crippen LogP contribution in [0.5, 0.6) is 0 Å². The van der Waals surface area contributed by atoms with Gasteiger partial charge in [-0.2, -0.15) is 0 Å². The van der Waals surface area contributed by atoms with Crippen molar-refractivity contribution in [2.75, 3.05) is 0 Å². The van der Waals surface area contributed by atoms with E-state index < -0.39 is 30.5 Å². The Bertz CT molecular complexity index is 211. The smallest absolute Gasteiger partial charge is 0.160 e. The van der Waals surface area contributed by atoms with Crippen LogP contribution in [0.25, 0.3) is 0 Å². The summed E-state index contributed by atoms with van der Waals surface area (Å²) in [5.41, 5.74) is -0.307. The molecule has 1 fully saturated rings. The molecule has 1 aliphatic rings. The van der Waals surface area contributed by atoms with Crippen molar-refractivity contribution in [1.29, 1.82) is 0 Å². The summed E-state index contributed by atoms with van der Waals surface area (Å²) < 4.78 is 5.30. The van der Waals surface area contributed by atoms with E-state index >= 15 is 0 Å². The van der Waals surface area contributed by atoms with E-state index in [1.54, 1.807) is 0 Å². The van der Waals surface area contributed by atoms with Crippen molar-refractivity contribution in [3.63, 3.8) is 0 Å². The molecule has 90 valence electrons. The third-order valence-electron chi connectivity index (χ3n) is 3.12. The van der Waals surface area contributed by atoms with E-state index in [-0.39, 0.29) is 5.41 Å². The van der Waals surface area contributed by atoms with Gasteiger partial charge in [0, 0.05) is 5.92 Å². The lowest BCUT2D eigenvalue weighted by molar-refractivity contribution is -0.281. The summed E-state index contributed by atoms with van der Waals surface area (Å²) in [6.45, 7) is 7.58. The molecule has 0 saturated carbocycles. The van der Waals surface area contributed by atoms with Crippen LogP contribution in [0.3, 0.4) is 0 Å². The van der Waals surface area contributed by atoms with Crippen LogP contribution < -0.4 is 0 Å². The first-order valence-corrected chi connectivity index (χ1v) is 5.48. The largest absolute Gasteiger partial charge is 0.390 e. The highest BCUT2D eigenvalue weighted by Crippen LogP contribution is 2.38. The second kappa shape index (κ2) is 4.37. The first kappa shape index (κ1) is 12.9. The van der Waals surface area contributed by atoms with Crippen LogP contribution in [-0.2, 0) is 4.74 Å². The molecule has 4 nitrogen and oxygen atoms in total. The molecule has 0 bridgehead atoms. The van der Waals surface area contributed by atoms with E-state index in [1.165, 1.54) is 0 Å². The minimum Gasteiger partial charge on any atom is -0.390 e. The van der Waals surface area contributed by atoms with Gasteiger partial charge in [-0.1, -0.05) is 27.7 Å². The van der Waals surface area contributed by atoms with Gasteiger partial charge in [0.2, 0.25) is 0 Å². The maximum Gasteiger partial charge on any atom is 0.160 e. The van der Waals surface area contributed by atoms with Gasteiger partial charge in [-0.15, -0.1) is 0 Å². The Balaban J connectivity index is 2.84. The van der Waals surface area contributed by atoms with Gasteiger partial charge < -0.3 is 20.1 Å². The zero-order valence-electron chi connectivity index (χ0n) is 9.84. The summed E-state index contributed by atoms with van der Waals surface area (Å²) in [7, 11) is 0. The fourth-order valence-electron chi connectivity index (χ4n) is 2.22. The Kier molecular flexibility index (Phi) is 3.76. The molecule has 0 aromatic carbocycles. The summed E-state index contributed by atoms with van der Waals surface area (Å²) in [6, 6.07) is 0. The van der Waals surface area contributed by atoms with Crippen LogP contribution >= 0.6 is 0 Å². The first-order valence-electron chi connectivity index (χ1n) is 5.48. The van der Waals surface area contributed by atoms with Crippen molar-refractivity contribution < 1.29 is 20.1 Å². The highest BCUT2D eigenvalue weighted by Gasteiger charge is 2.47. The Morgan fingerprint density at radius 3 is 2.00 bits per heavy atom. The molecular weight excluding hydrogens is 196 g/mol. The van der Waals surface area contributed by atoms with Crippen LogP contribution in [0, 0.1) is 11.3 Å². The molecule has 0 aliphatic carbocycles. The molecule has 0 radical (unpaired) electrons. The van der Waals surface area contributed by atoms with E-state index in [0.29, 0.717) is 6.42 Å². The van der Waals surface area contributed by atoms with Gasteiger partial charge in [-0.25, -0.2) is 0 Å². The second-order valence-corrected chi connectivity index (χ2v) is 5.35. The lowest BCUT2D eigenvalue weighted by Gasteiger charge is -2.46. The average molecular weight is 218 g/mol. The maximum atomic E-state index is 9.96. The molecule has 1 aliphatic heterocycles. The topological polar surface area (TPSA) is 69.9 Å². The van der Waals surface area contributed by atoms with Crippen molar-refractivity contribution in [3.05, 3.63) is 0 Å². The minimum atomic E-state index is -1.01. The fraction of sp³-hybridized carbons (Fsp3) is 1.00. The molecule has 1 saturated heterocycles. The van der Waals surface area contributed by atoms with Crippen molar-refractivity contribution in [2.24, 2.45) is 11.3 Å². The van der Waals surface area contributed by atoms with Gasteiger partial charge in [-0.05, 0) is 11.8 Å². The number of hydrogen-bond acceptors (Lipinski definition) is 4. The summed E-state index contributed by atoms with van der Waals surface area (Å²) >= 11 is 0. The Morgan fingerprint density at radius 2 is 1.60 bits per heavy atom. The molecule has 3 N–H and O–H groups in total. The number of hydrogen-bond donors (Lipinski definition) is 3. The van der Waals surface area contributed by atoms with Crippen LogP contribution in [0.15, 0.2) is 0 Å². The standard InChI is InChI=1S/C11H22O4/c1-5-6-8(12)9(13)7(10(14)15-6)11(2,3)4/h6-10,12-14H,5H2,1-4H3/t6-,7-,8-,9-,10?/m1/s1. The number of aliphatic hydroxyl groups is 3. The Labute approximate surface area is 90.9 Å². The Hall–Kier alpha value is -0.160. The summed E-state index contributed by atoms with van der Waals surface area (Å²) in [4.78, 5) is 0. The summed E-state index contributed by atoms with van der Waals surface area (Å²) in [5.74, 6) is -0.463. The fourth-order valence-corrected chi connectivity index (χ4v) is 2.22. The SMILES string of the molecule is CC[C@H]1OC(O)[C@H](C(C)(C)C)[C@@H](O)[C@@H]1O. The lowest BCUT2D eigenvalue weighted by Crippen LogP contribution is -2.57. The van der Waals surface area contributed by atoms with Gasteiger partial charge in [0.15, 0.2) is 6.29 Å². The molecule has 1 unspecified atom stereocenters. The van der Waals surface area contributed by atoms with Crippen molar-refractivity contribution in [2.45, 2.75) is 58.7 Å². The predicted molar refractivity (Wildman–Crippen MR) is 56.1 cm³/mol. The molecule has 1 rings (SSSR count). The predicted octanol–water partition coefficient (Wildman–Crippen LogP) is 0.498. The van der Waals surface area contributed by atoms with E-state index in [2.05, 4.69) is 0 Å². The molecular formula is C11H22O4. The van der Waals surface area contributed by atoms with Gasteiger partial charge in [0.05, 0.1) is 12.2 Å². The van der Waals surface area contributed by atoms with E-state index in [0.717, 1.165) is 0 Å². The van der Waals surface area contributed by atoms with Crippen LogP contribution in [0.4, 0.5) is 0 Å². The minimum absolute atomic E-state index is 0.307. The number of ether oxygens (including phenoxy) is 1. The van der Waals surface area contributed by atoms with Crippen LogP contribution in [-0.4, -0.2) is 39.9 Å². The Morgan fingerprint density at radius 1 is 1.07 bits per heavy atom. The highest BCUT2D eigenvalue weighted by molar-refractivity contribution is 4.93. The quantitative estimate of drug-likeness (QED) is 0.599. The van der Waals surface area contributed by atoms with Gasteiger partial charge >= 0.3 is 0 Å². The van der Waals surface area contributed by atoms with Gasteiger partial charge in [0.25, 0.3) is 0 Å². The summed E-state index contributed by atoms with van der Waals surface area (Å²) in [5, 5.41) is 29.6. The zero-order valence-corrected chi connectivity index (χ0v) is 9.84. The molecule has 0 aromatic heterocycles. The maximum absolute atomic E-state index is 9.96. The average Bonchev–Trinajstić information content (AvgIpc) is 2.09. The third-order valence-corrected chi connectivity index (χ3v) is 3.12. The highest BCUT2D eigenvalue weighted by atomic mass is 16.6. The molecule has 5 atom stereocenters. The van der Waals surface area contributed by atoms with Gasteiger partial charge in [-0.3, -0.25) is 0 Å². The number of rotatable bonds is 1. The summed E-state index contributed by atoms with van der Waals surface area (Å²) in [6.07, 6.45) is -2.75. The molecule has 0 aromatic rings. The van der Waals surface area contributed by atoms with E-state index in [1.807, 2.05) is 27.7 Å². The normalized spacial score (nSPS) is 43.0. The van der Waals surface area contributed by atoms with E-state index in [9.17, 15) is 15.3 Å². The van der Waals surface area contributed by atoms with Crippen molar-refractivity contribution >= 4 is 0 Å². The van der Waals surface area contributed by atoms with Crippen molar-refractivity contribution in [3.8, 4) is 0 Å². The lowest BCUT2D eigenvalue weighted by atomic mass is 9.73.